The molecule has 0 saturated heterocycles. The Labute approximate surface area is 398 Å². The van der Waals surface area contributed by atoms with Gasteiger partial charge in [-0.2, -0.15) is 0 Å². The van der Waals surface area contributed by atoms with Gasteiger partial charge < -0.3 is 40.8 Å². The van der Waals surface area contributed by atoms with Crippen molar-refractivity contribution < 1.29 is 42.1 Å². The van der Waals surface area contributed by atoms with E-state index in [0.29, 0.717) is 68.3 Å². The van der Waals surface area contributed by atoms with E-state index in [-0.39, 0.29) is 63.8 Å². The van der Waals surface area contributed by atoms with Crippen LogP contribution >= 0.6 is 0 Å². The molecule has 0 atom stereocenters. The summed E-state index contributed by atoms with van der Waals surface area (Å²) >= 11 is 0. The summed E-state index contributed by atoms with van der Waals surface area (Å²) in [6, 6.07) is 31.8. The summed E-state index contributed by atoms with van der Waals surface area (Å²) in [5.41, 5.74) is 9.15. The van der Waals surface area contributed by atoms with Crippen molar-refractivity contribution in [3.8, 4) is 45.6 Å². The van der Waals surface area contributed by atoms with Crippen LogP contribution in [0.5, 0.6) is 0 Å². The van der Waals surface area contributed by atoms with Crippen molar-refractivity contribution in [2.24, 2.45) is 0 Å². The molecule has 8 rings (SSSR count). The van der Waals surface area contributed by atoms with Crippen LogP contribution in [0.15, 0.2) is 97.1 Å². The Hall–Kier alpha value is -5.18. The minimum Gasteiger partial charge on any atom is -0.573 e. The summed E-state index contributed by atoms with van der Waals surface area (Å²) in [6.07, 6.45) is 0. The van der Waals surface area contributed by atoms with Gasteiger partial charge in [0.2, 0.25) is 0 Å². The molecule has 0 aliphatic carbocycles. The fourth-order valence-electron chi connectivity index (χ4n) is 7.08. The Morgan fingerprint density at radius 1 is 0.302 bits per heavy atom. The predicted octanol–water partition coefficient (Wildman–Crippen LogP) is 8.91. The molecule has 14 heteroatoms. The van der Waals surface area contributed by atoms with Gasteiger partial charge in [0.25, 0.3) is 0 Å². The van der Waals surface area contributed by atoms with Crippen LogP contribution in [0.1, 0.15) is 129 Å². The molecule has 328 valence electrons. The van der Waals surface area contributed by atoms with Crippen LogP contribution < -0.4 is 20.4 Å². The van der Waals surface area contributed by atoms with Gasteiger partial charge in [-0.15, -0.1) is 0 Å². The Bertz CT molecular complexity index is 2450. The van der Waals surface area contributed by atoms with Crippen molar-refractivity contribution in [1.29, 1.82) is 0 Å². The zero-order valence-corrected chi connectivity index (χ0v) is 42.3. The SMILES string of the molecule is CC(C)(C)c1cc(-c2cccc(C(c3cccc(-c4cc(C(C)(C)C)n[n-]4)n3)(c3cccc(-c4cc(C(C)(C)C)n[n-]4)n3)c3cccc(-c4cc(C(C)(C)C)n[n-]4)n3)n2)[n-]n1.[Pt+2].[Pt+2]. The normalized spacial score (nSPS) is 12.5. The van der Waals surface area contributed by atoms with Crippen LogP contribution in [0.25, 0.3) is 45.6 Å². The van der Waals surface area contributed by atoms with Gasteiger partial charge in [0.15, 0.2) is 0 Å². The summed E-state index contributed by atoms with van der Waals surface area (Å²) in [5.74, 6) is 0. The molecular formula is C49H52N12Pt2. The van der Waals surface area contributed by atoms with Gasteiger partial charge in [0.1, 0.15) is 5.41 Å². The van der Waals surface area contributed by atoms with E-state index in [1.54, 1.807) is 0 Å². The number of pyridine rings is 4. The van der Waals surface area contributed by atoms with Crippen molar-refractivity contribution in [3.05, 3.63) is 143 Å². The number of hydrogen-bond acceptors (Lipinski definition) is 8. The molecule has 0 aliphatic rings. The van der Waals surface area contributed by atoms with Crippen LogP contribution in [0.2, 0.25) is 0 Å². The van der Waals surface area contributed by atoms with E-state index < -0.39 is 5.41 Å². The van der Waals surface area contributed by atoms with Gasteiger partial charge in [-0.3, -0.25) is 19.9 Å². The van der Waals surface area contributed by atoms with Crippen LogP contribution in [0, 0.1) is 0 Å². The van der Waals surface area contributed by atoms with Crippen molar-refractivity contribution in [2.75, 3.05) is 0 Å². The van der Waals surface area contributed by atoms with E-state index in [9.17, 15) is 0 Å². The second-order valence-electron chi connectivity index (χ2n) is 19.8. The molecule has 8 aromatic heterocycles. The molecule has 0 N–H and O–H groups in total. The molecule has 0 saturated carbocycles. The maximum atomic E-state index is 5.45. The van der Waals surface area contributed by atoms with Gasteiger partial charge in [-0.25, -0.2) is 0 Å². The van der Waals surface area contributed by atoms with E-state index in [1.807, 2.05) is 97.1 Å². The van der Waals surface area contributed by atoms with Crippen molar-refractivity contribution in [3.63, 3.8) is 0 Å². The van der Waals surface area contributed by atoms with E-state index >= 15 is 0 Å². The third-order valence-corrected chi connectivity index (χ3v) is 10.8. The first kappa shape index (κ1) is 47.3. The smallest absolute Gasteiger partial charge is 0.573 e. The molecule has 8 aromatic rings. The van der Waals surface area contributed by atoms with Crippen molar-refractivity contribution in [2.45, 2.75) is 110 Å². The topological polar surface area (TPSA) is 160 Å². The Morgan fingerprint density at radius 2 is 0.508 bits per heavy atom. The van der Waals surface area contributed by atoms with E-state index in [2.05, 4.69) is 124 Å². The third-order valence-electron chi connectivity index (χ3n) is 10.8. The van der Waals surface area contributed by atoms with E-state index in [4.69, 9.17) is 19.9 Å². The Balaban J connectivity index is 0.00000330. The summed E-state index contributed by atoms with van der Waals surface area (Å²) in [6.45, 7) is 25.5. The molecule has 0 aliphatic heterocycles. The molecule has 0 amide bonds. The first-order valence-corrected chi connectivity index (χ1v) is 20.7. The predicted molar refractivity (Wildman–Crippen MR) is 237 cm³/mol. The van der Waals surface area contributed by atoms with Crippen LogP contribution in [-0.4, -0.2) is 40.3 Å². The number of rotatable bonds is 8. The zero-order valence-electron chi connectivity index (χ0n) is 37.7. The Morgan fingerprint density at radius 3 is 0.683 bits per heavy atom. The molecule has 0 unspecified atom stereocenters. The molecule has 0 fully saturated rings. The van der Waals surface area contributed by atoms with Gasteiger partial charge in [0.05, 0.1) is 22.8 Å². The Kier molecular flexibility index (Phi) is 13.1. The summed E-state index contributed by atoms with van der Waals surface area (Å²) in [5, 5.41) is 36.7. The third kappa shape index (κ3) is 9.39. The summed E-state index contributed by atoms with van der Waals surface area (Å²) in [4.78, 5) is 21.8. The fourth-order valence-corrected chi connectivity index (χ4v) is 7.08. The molecule has 0 aromatic carbocycles. The summed E-state index contributed by atoms with van der Waals surface area (Å²) < 4.78 is 0. The molecule has 0 spiro atoms. The molecule has 8 heterocycles. The number of nitrogens with zero attached hydrogens (tertiary/aromatic N) is 12. The average Bonchev–Trinajstić information content (AvgIpc) is 4.05. The van der Waals surface area contributed by atoms with E-state index in [1.165, 1.54) is 0 Å². The second-order valence-corrected chi connectivity index (χ2v) is 19.8. The number of aromatic nitrogens is 12. The van der Waals surface area contributed by atoms with Crippen LogP contribution in [0.3, 0.4) is 0 Å². The number of hydrogen-bond donors (Lipinski definition) is 0. The van der Waals surface area contributed by atoms with Crippen LogP contribution in [0.4, 0.5) is 0 Å². The fraction of sp³-hybridized carbons (Fsp3) is 0.347. The average molecular weight is 1200 g/mol. The minimum absolute atomic E-state index is 0. The molecule has 63 heavy (non-hydrogen) atoms. The standard InChI is InChI=1S/C49H52N12.2Pt/c1-45(2,3)41-25-33(54-58-41)29-17-13-21-37(50-29)49(38-22-14-18-30(51-38)34-26-42(59-55-34)46(4,5)6,39-23-15-19-31(52-39)35-27-43(60-56-35)47(7,8)9)40-24-16-20-32(53-40)36-28-44(61-57-36)48(10,11)12;;/h13-28H,1-12H3;;/q-4;2*+2. The van der Waals surface area contributed by atoms with Gasteiger partial charge >= 0.3 is 42.1 Å². The molecule has 12 nitrogen and oxygen atoms in total. The zero-order chi connectivity index (χ0) is 43.5. The maximum absolute atomic E-state index is 5.45. The molecule has 0 bridgehead atoms. The second kappa shape index (κ2) is 17.4. The van der Waals surface area contributed by atoms with Crippen LogP contribution in [-0.2, 0) is 69.2 Å². The molecular weight excluding hydrogens is 1150 g/mol. The minimum atomic E-state index is -1.32. The van der Waals surface area contributed by atoms with Crippen molar-refractivity contribution >= 4 is 0 Å². The van der Waals surface area contributed by atoms with Gasteiger partial charge in [0, 0.05) is 67.2 Å². The van der Waals surface area contributed by atoms with Crippen molar-refractivity contribution in [1.82, 2.24) is 60.7 Å². The summed E-state index contributed by atoms with van der Waals surface area (Å²) in [7, 11) is 0. The quantitative estimate of drug-likeness (QED) is 0.142. The van der Waals surface area contributed by atoms with Gasteiger partial charge in [-0.05, 0) is 48.5 Å². The van der Waals surface area contributed by atoms with E-state index in [0.717, 1.165) is 22.8 Å². The monoisotopic (exact) mass is 1200 g/mol. The first-order valence-electron chi connectivity index (χ1n) is 20.7. The first-order chi connectivity index (χ1) is 28.7. The largest absolute Gasteiger partial charge is 2.00 e. The van der Waals surface area contributed by atoms with Gasteiger partial charge in [-0.1, -0.05) is 154 Å². The maximum Gasteiger partial charge on any atom is 2.00 e. The molecule has 0 radical (unpaired) electrons.